The van der Waals surface area contributed by atoms with Gasteiger partial charge in [-0.2, -0.15) is 0 Å². The third-order valence-electron chi connectivity index (χ3n) is 4.18. The molecule has 0 fully saturated rings. The fourth-order valence-electron chi connectivity index (χ4n) is 2.89. The maximum absolute atomic E-state index is 11.4. The first-order chi connectivity index (χ1) is 12.9. The van der Waals surface area contributed by atoms with Crippen LogP contribution in [0, 0.1) is 6.92 Å². The molecule has 0 aliphatic carbocycles. The monoisotopic (exact) mass is 384 g/mol. The molecule has 0 saturated heterocycles. The van der Waals surface area contributed by atoms with Gasteiger partial charge in [-0.1, -0.05) is 12.1 Å². The van der Waals surface area contributed by atoms with E-state index in [2.05, 4.69) is 20.6 Å². The molecule has 1 amide bonds. The van der Waals surface area contributed by atoms with Gasteiger partial charge in [-0.25, -0.2) is 14.8 Å². The van der Waals surface area contributed by atoms with E-state index < -0.39 is 5.97 Å². The zero-order valence-electron chi connectivity index (χ0n) is 15.3. The number of hydrogen-bond donors (Lipinski definition) is 3. The number of carboxylic acid groups (broad SMARTS) is 1. The van der Waals surface area contributed by atoms with Gasteiger partial charge in [0.2, 0.25) is 5.91 Å². The summed E-state index contributed by atoms with van der Waals surface area (Å²) in [5.41, 5.74) is 2.55. The lowest BCUT2D eigenvalue weighted by molar-refractivity contribution is -0.114. The summed E-state index contributed by atoms with van der Waals surface area (Å²) < 4.78 is 0. The number of nitrogens with one attached hydrogen (secondary N) is 2. The highest BCUT2D eigenvalue weighted by Gasteiger charge is 2.19. The normalized spacial score (nSPS) is 10.8. The Bertz CT molecular complexity index is 1010. The number of aromatic nitrogens is 2. The van der Waals surface area contributed by atoms with Gasteiger partial charge >= 0.3 is 5.97 Å². The van der Waals surface area contributed by atoms with Crippen LogP contribution in [0.15, 0.2) is 24.3 Å². The van der Waals surface area contributed by atoms with Gasteiger partial charge in [0.25, 0.3) is 0 Å². The van der Waals surface area contributed by atoms with Crippen LogP contribution < -0.4 is 10.6 Å². The highest BCUT2D eigenvalue weighted by Crippen LogP contribution is 2.33. The minimum absolute atomic E-state index is 0.101. The van der Waals surface area contributed by atoms with Gasteiger partial charge in [-0.05, 0) is 36.6 Å². The minimum Gasteiger partial charge on any atom is -0.477 e. The van der Waals surface area contributed by atoms with E-state index in [-0.39, 0.29) is 5.91 Å². The average molecular weight is 384 g/mol. The number of carboxylic acids is 1. The van der Waals surface area contributed by atoms with Gasteiger partial charge < -0.3 is 15.7 Å². The Morgan fingerprint density at radius 2 is 1.85 bits per heavy atom. The van der Waals surface area contributed by atoms with Crippen LogP contribution in [0.2, 0.25) is 0 Å². The number of amides is 1. The Morgan fingerprint density at radius 1 is 1.15 bits per heavy atom. The molecule has 0 unspecified atom stereocenters. The molecule has 3 aromatic rings. The van der Waals surface area contributed by atoms with Gasteiger partial charge in [-0.3, -0.25) is 4.79 Å². The van der Waals surface area contributed by atoms with Gasteiger partial charge in [0.05, 0.1) is 5.39 Å². The van der Waals surface area contributed by atoms with E-state index in [9.17, 15) is 14.7 Å². The SMILES string of the molecule is CNc1nc(CCc2ccc(NC(C)=O)cc2)nc2sc(C(=O)O)c(C)c12. The number of benzene rings is 1. The molecule has 1 aromatic carbocycles. The van der Waals surface area contributed by atoms with Crippen LogP contribution >= 0.6 is 11.3 Å². The molecule has 2 aromatic heterocycles. The molecule has 0 aliphatic rings. The molecule has 0 bridgehead atoms. The summed E-state index contributed by atoms with van der Waals surface area (Å²) in [5, 5.41) is 15.9. The molecule has 0 atom stereocenters. The van der Waals surface area contributed by atoms with Gasteiger partial charge in [-0.15, -0.1) is 11.3 Å². The van der Waals surface area contributed by atoms with Gasteiger partial charge in [0.15, 0.2) is 0 Å². The van der Waals surface area contributed by atoms with E-state index in [1.807, 2.05) is 24.3 Å². The van der Waals surface area contributed by atoms with Crippen LogP contribution in [0.3, 0.4) is 0 Å². The number of aromatic carboxylic acids is 1. The number of thiophene rings is 1. The van der Waals surface area contributed by atoms with Crippen molar-refractivity contribution in [3.63, 3.8) is 0 Å². The predicted octanol–water partition coefficient (Wildman–Crippen LogP) is 3.48. The van der Waals surface area contributed by atoms with E-state index in [1.54, 1.807) is 14.0 Å². The van der Waals surface area contributed by atoms with E-state index in [4.69, 9.17) is 0 Å². The summed E-state index contributed by atoms with van der Waals surface area (Å²) in [7, 11) is 1.77. The second-order valence-electron chi connectivity index (χ2n) is 6.16. The van der Waals surface area contributed by atoms with Crippen LogP contribution in [-0.2, 0) is 17.6 Å². The summed E-state index contributed by atoms with van der Waals surface area (Å²) in [4.78, 5) is 32.6. The lowest BCUT2D eigenvalue weighted by Gasteiger charge is -2.07. The second-order valence-corrected chi connectivity index (χ2v) is 7.16. The van der Waals surface area contributed by atoms with E-state index in [0.717, 1.165) is 23.1 Å². The van der Waals surface area contributed by atoms with Crippen LogP contribution in [0.5, 0.6) is 0 Å². The van der Waals surface area contributed by atoms with Crippen molar-refractivity contribution in [2.45, 2.75) is 26.7 Å². The van der Waals surface area contributed by atoms with Crippen molar-refractivity contribution >= 4 is 44.9 Å². The highest BCUT2D eigenvalue weighted by atomic mass is 32.1. The van der Waals surface area contributed by atoms with E-state index in [0.29, 0.717) is 33.3 Å². The molecule has 140 valence electrons. The zero-order valence-corrected chi connectivity index (χ0v) is 16.1. The second kappa shape index (κ2) is 7.71. The largest absolute Gasteiger partial charge is 0.477 e. The molecule has 3 rings (SSSR count). The van der Waals surface area contributed by atoms with Crippen molar-refractivity contribution in [2.24, 2.45) is 0 Å². The summed E-state index contributed by atoms with van der Waals surface area (Å²) in [6.07, 6.45) is 1.37. The first-order valence-electron chi connectivity index (χ1n) is 8.46. The molecular weight excluding hydrogens is 364 g/mol. The Kier molecular flexibility index (Phi) is 5.36. The topological polar surface area (TPSA) is 104 Å². The summed E-state index contributed by atoms with van der Waals surface area (Å²) in [6, 6.07) is 7.64. The zero-order chi connectivity index (χ0) is 19.6. The number of aryl methyl sites for hydroxylation is 3. The number of rotatable bonds is 6. The number of hydrogen-bond acceptors (Lipinski definition) is 6. The van der Waals surface area contributed by atoms with Crippen molar-refractivity contribution in [3.05, 3.63) is 46.1 Å². The Morgan fingerprint density at radius 3 is 2.44 bits per heavy atom. The van der Waals surface area contributed by atoms with Crippen molar-refractivity contribution < 1.29 is 14.7 Å². The molecule has 8 heteroatoms. The Hall–Kier alpha value is -3.00. The standard InChI is InChI=1S/C19H20N4O3S/c1-10-15-17(20-3)22-14(23-18(15)27-16(10)19(25)26)9-6-12-4-7-13(8-5-12)21-11(2)24/h4-5,7-8H,6,9H2,1-3H3,(H,21,24)(H,25,26)(H,20,22,23). The van der Waals surface area contributed by atoms with E-state index >= 15 is 0 Å². The first-order valence-corrected chi connectivity index (χ1v) is 9.28. The predicted molar refractivity (Wildman–Crippen MR) is 107 cm³/mol. The van der Waals surface area contributed by atoms with Crippen LogP contribution in [-0.4, -0.2) is 34.0 Å². The van der Waals surface area contributed by atoms with Crippen molar-refractivity contribution in [2.75, 3.05) is 17.7 Å². The van der Waals surface area contributed by atoms with Gasteiger partial charge in [0, 0.05) is 26.1 Å². The fraction of sp³-hybridized carbons (Fsp3) is 0.263. The summed E-state index contributed by atoms with van der Waals surface area (Å²) >= 11 is 1.17. The lowest BCUT2D eigenvalue weighted by atomic mass is 10.1. The molecule has 0 spiro atoms. The third kappa shape index (κ3) is 4.06. The molecule has 0 radical (unpaired) electrons. The number of anilines is 2. The van der Waals surface area contributed by atoms with Crippen molar-refractivity contribution in [3.8, 4) is 0 Å². The molecule has 7 nitrogen and oxygen atoms in total. The van der Waals surface area contributed by atoms with Crippen molar-refractivity contribution in [1.29, 1.82) is 0 Å². The minimum atomic E-state index is -0.946. The van der Waals surface area contributed by atoms with Crippen LogP contribution in [0.25, 0.3) is 10.2 Å². The quantitative estimate of drug-likeness (QED) is 0.601. The molecule has 2 heterocycles. The number of fused-ring (bicyclic) bond motifs is 1. The lowest BCUT2D eigenvalue weighted by Crippen LogP contribution is -2.05. The van der Waals surface area contributed by atoms with E-state index in [1.165, 1.54) is 18.3 Å². The van der Waals surface area contributed by atoms with Gasteiger partial charge in [0.1, 0.15) is 21.3 Å². The Balaban J connectivity index is 1.82. The Labute approximate surface area is 160 Å². The molecular formula is C19H20N4O3S. The highest BCUT2D eigenvalue weighted by molar-refractivity contribution is 7.20. The smallest absolute Gasteiger partial charge is 0.346 e. The molecule has 27 heavy (non-hydrogen) atoms. The average Bonchev–Trinajstić information content (AvgIpc) is 2.97. The summed E-state index contributed by atoms with van der Waals surface area (Å²) in [5.74, 6) is 0.266. The fourth-order valence-corrected chi connectivity index (χ4v) is 3.93. The van der Waals surface area contributed by atoms with Crippen LogP contribution in [0.4, 0.5) is 11.5 Å². The maximum atomic E-state index is 11.4. The third-order valence-corrected chi connectivity index (χ3v) is 5.35. The first kappa shape index (κ1) is 18.8. The summed E-state index contributed by atoms with van der Waals surface area (Å²) in [6.45, 7) is 3.26. The molecule has 0 aliphatic heterocycles. The van der Waals surface area contributed by atoms with Crippen LogP contribution in [0.1, 0.15) is 33.5 Å². The maximum Gasteiger partial charge on any atom is 0.346 e. The number of carbonyl (C=O) groups excluding carboxylic acids is 1. The van der Waals surface area contributed by atoms with Crippen molar-refractivity contribution in [1.82, 2.24) is 9.97 Å². The number of nitrogens with zero attached hydrogens (tertiary/aromatic N) is 2. The molecule has 3 N–H and O–H groups in total. The molecule has 0 saturated carbocycles. The number of carbonyl (C=O) groups is 2.